The van der Waals surface area contributed by atoms with E-state index in [1.165, 1.54) is 4.57 Å². The molecule has 1 atom stereocenters. The summed E-state index contributed by atoms with van der Waals surface area (Å²) in [7, 11) is 2.15. The zero-order valence-corrected chi connectivity index (χ0v) is 30.4. The van der Waals surface area contributed by atoms with Crippen LogP contribution in [-0.4, -0.2) is 80.0 Å². The van der Waals surface area contributed by atoms with E-state index in [2.05, 4.69) is 48.1 Å². The maximum Gasteiger partial charge on any atom is 0.333 e. The first-order valence-corrected chi connectivity index (χ1v) is 18.0. The van der Waals surface area contributed by atoms with Crippen LogP contribution < -0.4 is 15.9 Å². The summed E-state index contributed by atoms with van der Waals surface area (Å²) >= 11 is 3.53. The summed E-state index contributed by atoms with van der Waals surface area (Å²) < 4.78 is 4.08. The maximum absolute atomic E-state index is 14.4. The Bertz CT molecular complexity index is 2200. The van der Waals surface area contributed by atoms with Crippen LogP contribution in [0.1, 0.15) is 44.6 Å². The lowest BCUT2D eigenvalue weighted by molar-refractivity contribution is -0.00238. The number of nitrogens with zero attached hydrogens (tertiary/aromatic N) is 7. The van der Waals surface area contributed by atoms with Crippen molar-refractivity contribution in [2.75, 3.05) is 38.1 Å². The minimum atomic E-state index is -0.408. The molecule has 2 fully saturated rings. The van der Waals surface area contributed by atoms with Gasteiger partial charge in [-0.1, -0.05) is 40.2 Å². The molecule has 5 heterocycles. The predicted molar refractivity (Wildman–Crippen MR) is 199 cm³/mol. The van der Waals surface area contributed by atoms with Crippen molar-refractivity contribution in [3.8, 4) is 17.1 Å². The smallest absolute Gasteiger partial charge is 0.333 e. The molecule has 0 saturated carbocycles. The molecule has 3 aliphatic rings. The van der Waals surface area contributed by atoms with E-state index in [1.807, 2.05) is 74.5 Å². The van der Waals surface area contributed by atoms with Crippen molar-refractivity contribution in [3.63, 3.8) is 0 Å². The molecule has 0 radical (unpaired) electrons. The molecule has 3 aliphatic heterocycles. The Morgan fingerprint density at radius 3 is 2.35 bits per heavy atom. The topological polar surface area (TPSA) is 109 Å². The number of carbonyl (C=O) groups is 2. The van der Waals surface area contributed by atoms with Crippen molar-refractivity contribution >= 4 is 33.4 Å². The summed E-state index contributed by atoms with van der Waals surface area (Å²) in [5.74, 6) is 0.000302. The zero-order valence-electron chi connectivity index (χ0n) is 28.8. The summed E-state index contributed by atoms with van der Waals surface area (Å²) in [6.07, 6.45) is 3.37. The fraction of sp³-hybridized carbons (Fsp3) is 0.308. The van der Waals surface area contributed by atoms with Crippen LogP contribution in [0.15, 0.2) is 94.5 Å². The summed E-state index contributed by atoms with van der Waals surface area (Å²) in [5.41, 5.74) is 5.65. The third-order valence-electron chi connectivity index (χ3n) is 10.4. The average Bonchev–Trinajstić information content (AvgIpc) is 3.40. The Labute approximate surface area is 304 Å². The summed E-state index contributed by atoms with van der Waals surface area (Å²) in [5, 5.41) is 3.08. The molecule has 12 heteroatoms. The van der Waals surface area contributed by atoms with Crippen LogP contribution in [0.2, 0.25) is 0 Å². The second kappa shape index (κ2) is 12.9. The molecule has 2 aromatic heterocycles. The summed E-state index contributed by atoms with van der Waals surface area (Å²) in [4.78, 5) is 57.9. The third-order valence-corrected chi connectivity index (χ3v) is 11.3. The standard InChI is InChI=1S/C39H39BrN8O3/c1-25-17-27(9-14-32(25)40)37(50)46-20-33-34(36(49)43-18-28-7-4-5-8-31(28)35-41-15-6-16-42-35)48(38(51)47(33)19-26(46)2)30-12-10-29(11-13-30)45-23-39(24-45)21-44(3)22-39/h4-17,26H,18-24H2,1-3H3,(H,43,49)/t26-/m0/s1. The third kappa shape index (κ3) is 5.95. The molecule has 3 aromatic carbocycles. The molecule has 0 unspecified atom stereocenters. The number of hydrogen-bond acceptors (Lipinski definition) is 7. The van der Waals surface area contributed by atoms with E-state index in [0.29, 0.717) is 28.2 Å². The summed E-state index contributed by atoms with van der Waals surface area (Å²) in [6.45, 7) is 8.71. The van der Waals surface area contributed by atoms with Crippen LogP contribution in [0.3, 0.4) is 0 Å². The van der Waals surface area contributed by atoms with Crippen LogP contribution in [0.4, 0.5) is 5.69 Å². The predicted octanol–water partition coefficient (Wildman–Crippen LogP) is 4.89. The van der Waals surface area contributed by atoms with Crippen molar-refractivity contribution in [1.29, 1.82) is 0 Å². The first-order valence-electron chi connectivity index (χ1n) is 17.2. The highest BCUT2D eigenvalue weighted by molar-refractivity contribution is 9.10. The van der Waals surface area contributed by atoms with Crippen LogP contribution in [-0.2, 0) is 19.6 Å². The highest BCUT2D eigenvalue weighted by Crippen LogP contribution is 2.41. The zero-order chi connectivity index (χ0) is 35.4. The van der Waals surface area contributed by atoms with Crippen molar-refractivity contribution in [1.82, 2.24) is 34.2 Å². The number of aromatic nitrogens is 4. The molecule has 51 heavy (non-hydrogen) atoms. The number of rotatable bonds is 7. The number of halogens is 1. The molecule has 260 valence electrons. The van der Waals surface area contributed by atoms with Crippen molar-refractivity contribution < 1.29 is 9.59 Å². The molecule has 0 aliphatic carbocycles. The molecule has 8 rings (SSSR count). The Morgan fingerprint density at radius 2 is 1.65 bits per heavy atom. The van der Waals surface area contributed by atoms with Gasteiger partial charge in [0.15, 0.2) is 5.82 Å². The van der Waals surface area contributed by atoms with Gasteiger partial charge < -0.3 is 20.0 Å². The van der Waals surface area contributed by atoms with Gasteiger partial charge in [-0.25, -0.2) is 14.8 Å². The Morgan fingerprint density at radius 1 is 0.941 bits per heavy atom. The van der Waals surface area contributed by atoms with Crippen LogP contribution in [0, 0.1) is 12.3 Å². The van der Waals surface area contributed by atoms with Gasteiger partial charge in [0.05, 0.1) is 17.9 Å². The fourth-order valence-corrected chi connectivity index (χ4v) is 8.20. The number of aryl methyl sites for hydroxylation is 1. The molecule has 2 saturated heterocycles. The van der Waals surface area contributed by atoms with Gasteiger partial charge in [-0.2, -0.15) is 0 Å². The van der Waals surface area contributed by atoms with E-state index in [1.54, 1.807) is 34.0 Å². The molecule has 2 amide bonds. The van der Waals surface area contributed by atoms with E-state index < -0.39 is 5.91 Å². The molecule has 1 N–H and O–H groups in total. The number of amides is 2. The Hall–Kier alpha value is -5.07. The van der Waals surface area contributed by atoms with E-state index in [-0.39, 0.29) is 43.0 Å². The number of fused-ring (bicyclic) bond motifs is 1. The van der Waals surface area contributed by atoms with E-state index in [9.17, 15) is 14.4 Å². The van der Waals surface area contributed by atoms with Crippen molar-refractivity contribution in [2.24, 2.45) is 5.41 Å². The van der Waals surface area contributed by atoms with Gasteiger partial charge >= 0.3 is 5.69 Å². The SMILES string of the molecule is Cc1cc(C(=O)N2Cc3c(C(=O)NCc4ccccc4-c4ncccn4)n(-c4ccc(N5CC6(CN(C)C6)C5)cc4)c(=O)n3C[C@@H]2C)ccc1Br. The molecule has 11 nitrogen and oxygen atoms in total. The molecular formula is C39H39BrN8O3. The lowest BCUT2D eigenvalue weighted by atomic mass is 9.73. The van der Waals surface area contributed by atoms with Gasteiger partial charge in [-0.05, 0) is 80.6 Å². The maximum atomic E-state index is 14.4. The van der Waals surface area contributed by atoms with Crippen LogP contribution in [0.5, 0.6) is 0 Å². The highest BCUT2D eigenvalue weighted by Gasteiger charge is 2.50. The first kappa shape index (κ1) is 33.1. The number of anilines is 1. The second-order valence-corrected chi connectivity index (χ2v) is 15.1. The molecule has 0 bridgehead atoms. The lowest BCUT2D eigenvalue weighted by Crippen LogP contribution is -2.71. The minimum Gasteiger partial charge on any atom is -0.370 e. The average molecular weight is 748 g/mol. The summed E-state index contributed by atoms with van der Waals surface area (Å²) in [6, 6.07) is 22.6. The number of imidazole rings is 1. The molecular weight excluding hydrogens is 708 g/mol. The van der Waals surface area contributed by atoms with Gasteiger partial charge in [0.1, 0.15) is 5.69 Å². The molecule has 1 spiro atoms. The number of likely N-dealkylation sites (tertiary alicyclic amines) is 1. The van der Waals surface area contributed by atoms with Crippen LogP contribution >= 0.6 is 15.9 Å². The van der Waals surface area contributed by atoms with Crippen molar-refractivity contribution in [2.45, 2.75) is 39.5 Å². The van der Waals surface area contributed by atoms with Gasteiger partial charge in [-0.15, -0.1) is 0 Å². The number of carbonyl (C=O) groups excluding carboxylic acids is 2. The highest BCUT2D eigenvalue weighted by atomic mass is 79.9. The fourth-order valence-electron chi connectivity index (χ4n) is 7.95. The Balaban J connectivity index is 1.14. The second-order valence-electron chi connectivity index (χ2n) is 14.2. The normalized spacial score (nSPS) is 17.8. The lowest BCUT2D eigenvalue weighted by Gasteiger charge is -2.60. The quantitative estimate of drug-likeness (QED) is 0.253. The van der Waals surface area contributed by atoms with E-state index >= 15 is 0 Å². The van der Waals surface area contributed by atoms with Gasteiger partial charge in [0.2, 0.25) is 0 Å². The van der Waals surface area contributed by atoms with Crippen LogP contribution in [0.25, 0.3) is 17.1 Å². The van der Waals surface area contributed by atoms with E-state index in [0.717, 1.165) is 53.0 Å². The van der Waals surface area contributed by atoms with Gasteiger partial charge in [-0.3, -0.25) is 18.7 Å². The number of nitrogens with one attached hydrogen (secondary N) is 1. The number of hydrogen-bond donors (Lipinski definition) is 1. The van der Waals surface area contributed by atoms with E-state index in [4.69, 9.17) is 0 Å². The number of benzene rings is 3. The van der Waals surface area contributed by atoms with Gasteiger partial charge in [0, 0.05) is 84.4 Å². The largest absolute Gasteiger partial charge is 0.370 e. The Kier molecular flexibility index (Phi) is 8.38. The molecule has 5 aromatic rings. The van der Waals surface area contributed by atoms with Gasteiger partial charge in [0.25, 0.3) is 11.8 Å². The monoisotopic (exact) mass is 746 g/mol. The first-order chi connectivity index (χ1) is 24.6. The van der Waals surface area contributed by atoms with Crippen molar-refractivity contribution in [3.05, 3.63) is 128 Å². The minimum absolute atomic E-state index is 0.108.